The lowest BCUT2D eigenvalue weighted by atomic mass is 10.4. The molecule has 0 N–H and O–H groups in total. The maximum atomic E-state index is 12.0. The Morgan fingerprint density at radius 2 is 2.08 bits per heavy atom. The van der Waals surface area contributed by atoms with E-state index in [4.69, 9.17) is 0 Å². The van der Waals surface area contributed by atoms with Crippen LogP contribution in [0.2, 0.25) is 0 Å². The van der Waals surface area contributed by atoms with E-state index in [-0.39, 0.29) is 6.61 Å². The van der Waals surface area contributed by atoms with Gasteiger partial charge in [-0.2, -0.15) is 8.78 Å². The van der Waals surface area contributed by atoms with Crippen molar-refractivity contribution in [2.45, 2.75) is 32.8 Å². The van der Waals surface area contributed by atoms with Gasteiger partial charge in [-0.3, -0.25) is 0 Å². The zero-order valence-electron chi connectivity index (χ0n) is 7.10. The number of unbranched alkanes of at least 4 members (excludes halogenated alkanes) is 1. The minimum Gasteiger partial charge on any atom is -0.434 e. The van der Waals surface area contributed by atoms with E-state index in [9.17, 15) is 13.6 Å². The van der Waals surface area contributed by atoms with Crippen LogP contribution in [0.3, 0.4) is 0 Å². The van der Waals surface area contributed by atoms with E-state index in [1.165, 1.54) is 0 Å². The Morgan fingerprint density at radius 1 is 1.50 bits per heavy atom. The highest BCUT2D eigenvalue weighted by molar-refractivity contribution is 5.60. The summed E-state index contributed by atoms with van der Waals surface area (Å²) in [5, 5.41) is 0. The van der Waals surface area contributed by atoms with Crippen molar-refractivity contribution in [3.63, 3.8) is 0 Å². The summed E-state index contributed by atoms with van der Waals surface area (Å²) in [6, 6.07) is 0. The van der Waals surface area contributed by atoms with Gasteiger partial charge >= 0.3 is 12.3 Å². The first kappa shape index (κ1) is 11.1. The lowest BCUT2D eigenvalue weighted by Crippen LogP contribution is -2.21. The highest BCUT2D eigenvalue weighted by Gasteiger charge is 2.27. The molecule has 0 aliphatic rings. The molecule has 0 aromatic heterocycles. The molecule has 0 aromatic carbocycles. The van der Waals surface area contributed by atoms with Crippen LogP contribution < -0.4 is 0 Å². The molecule has 0 aromatic rings. The Labute approximate surface area is 69.6 Å². The fourth-order valence-electron chi connectivity index (χ4n) is 0.476. The smallest absolute Gasteiger partial charge is 0.434 e. The van der Waals surface area contributed by atoms with Crippen LogP contribution in [0.5, 0.6) is 0 Å². The molecule has 3 nitrogen and oxygen atoms in total. The molecule has 0 aliphatic carbocycles. The first-order chi connectivity index (χ1) is 5.45. The van der Waals surface area contributed by atoms with E-state index in [0.717, 1.165) is 6.42 Å². The molecule has 0 radical (unpaired) electrons. The predicted molar refractivity (Wildman–Crippen MR) is 38.0 cm³/mol. The molecular formula is C7H12F2O3. The molecule has 72 valence electrons. The largest absolute Gasteiger partial charge is 0.512 e. The summed E-state index contributed by atoms with van der Waals surface area (Å²) in [5.74, 6) is 0. The van der Waals surface area contributed by atoms with E-state index in [1.807, 2.05) is 6.92 Å². The third kappa shape index (κ3) is 7.24. The summed E-state index contributed by atoms with van der Waals surface area (Å²) in [7, 11) is 0. The van der Waals surface area contributed by atoms with Crippen molar-refractivity contribution in [2.24, 2.45) is 0 Å². The van der Waals surface area contributed by atoms with Gasteiger partial charge in [0, 0.05) is 6.92 Å². The van der Waals surface area contributed by atoms with Crippen LogP contribution in [0.25, 0.3) is 0 Å². The maximum Gasteiger partial charge on any atom is 0.512 e. The number of halogens is 2. The topological polar surface area (TPSA) is 35.5 Å². The van der Waals surface area contributed by atoms with Gasteiger partial charge in [-0.05, 0) is 6.42 Å². The van der Waals surface area contributed by atoms with Crippen LogP contribution in [0.4, 0.5) is 13.6 Å². The number of carbonyl (C=O) groups is 1. The van der Waals surface area contributed by atoms with Gasteiger partial charge in [0.2, 0.25) is 0 Å². The maximum absolute atomic E-state index is 12.0. The molecule has 0 heterocycles. The number of ether oxygens (including phenoxy) is 2. The van der Waals surface area contributed by atoms with Crippen LogP contribution in [-0.2, 0) is 9.47 Å². The van der Waals surface area contributed by atoms with Crippen LogP contribution >= 0.6 is 0 Å². The third-order valence-corrected chi connectivity index (χ3v) is 0.980. The second-order valence-electron chi connectivity index (χ2n) is 2.36. The number of hydrogen-bond donors (Lipinski definition) is 0. The van der Waals surface area contributed by atoms with Crippen LogP contribution in [0, 0.1) is 0 Å². The molecule has 0 bridgehead atoms. The van der Waals surface area contributed by atoms with Crippen molar-refractivity contribution < 1.29 is 23.0 Å². The molecular weight excluding hydrogens is 170 g/mol. The summed E-state index contributed by atoms with van der Waals surface area (Å²) in [6.07, 6.45) is -3.31. The van der Waals surface area contributed by atoms with Crippen molar-refractivity contribution in [1.29, 1.82) is 0 Å². The third-order valence-electron chi connectivity index (χ3n) is 0.980. The monoisotopic (exact) mass is 182 g/mol. The summed E-state index contributed by atoms with van der Waals surface area (Å²) in [6.45, 7) is 2.49. The molecule has 0 atom stereocenters. The van der Waals surface area contributed by atoms with E-state index >= 15 is 0 Å². The lowest BCUT2D eigenvalue weighted by Gasteiger charge is -2.10. The molecule has 0 fully saturated rings. The van der Waals surface area contributed by atoms with E-state index in [1.54, 1.807) is 0 Å². The van der Waals surface area contributed by atoms with Gasteiger partial charge < -0.3 is 9.47 Å². The quantitative estimate of drug-likeness (QED) is 0.495. The van der Waals surface area contributed by atoms with Gasteiger partial charge in [0.15, 0.2) is 0 Å². The van der Waals surface area contributed by atoms with Gasteiger partial charge in [0.25, 0.3) is 0 Å². The van der Waals surface area contributed by atoms with Crippen LogP contribution in [0.15, 0.2) is 0 Å². The Morgan fingerprint density at radius 3 is 2.50 bits per heavy atom. The highest BCUT2D eigenvalue weighted by Crippen LogP contribution is 2.13. The molecule has 0 saturated heterocycles. The van der Waals surface area contributed by atoms with Crippen molar-refractivity contribution in [1.82, 2.24) is 0 Å². The van der Waals surface area contributed by atoms with E-state index in [0.29, 0.717) is 13.3 Å². The zero-order valence-corrected chi connectivity index (χ0v) is 7.10. The normalized spacial score (nSPS) is 11.0. The van der Waals surface area contributed by atoms with Crippen molar-refractivity contribution in [2.75, 3.05) is 6.61 Å². The zero-order chi connectivity index (χ0) is 9.61. The Hall–Kier alpha value is -0.870. The minimum absolute atomic E-state index is 0.116. The summed E-state index contributed by atoms with van der Waals surface area (Å²) >= 11 is 0. The second kappa shape index (κ2) is 4.90. The molecule has 12 heavy (non-hydrogen) atoms. The minimum atomic E-state index is -3.46. The average molecular weight is 182 g/mol. The fourth-order valence-corrected chi connectivity index (χ4v) is 0.476. The number of hydrogen-bond acceptors (Lipinski definition) is 3. The predicted octanol–water partition coefficient (Wildman–Crippen LogP) is 2.55. The second-order valence-corrected chi connectivity index (χ2v) is 2.36. The molecule has 0 rings (SSSR count). The molecule has 5 heteroatoms. The Kier molecular flexibility index (Phi) is 4.54. The van der Waals surface area contributed by atoms with Gasteiger partial charge in [0.1, 0.15) is 0 Å². The van der Waals surface area contributed by atoms with E-state index < -0.39 is 12.3 Å². The van der Waals surface area contributed by atoms with Gasteiger partial charge in [-0.25, -0.2) is 4.79 Å². The van der Waals surface area contributed by atoms with Gasteiger partial charge in [-0.15, -0.1) is 0 Å². The highest BCUT2D eigenvalue weighted by atomic mass is 19.3. The van der Waals surface area contributed by atoms with Crippen LogP contribution in [0.1, 0.15) is 26.7 Å². The fraction of sp³-hybridized carbons (Fsp3) is 0.857. The van der Waals surface area contributed by atoms with Crippen LogP contribution in [-0.4, -0.2) is 18.9 Å². The van der Waals surface area contributed by atoms with Crippen molar-refractivity contribution in [3.05, 3.63) is 0 Å². The summed E-state index contributed by atoms with van der Waals surface area (Å²) < 4.78 is 31.8. The summed E-state index contributed by atoms with van der Waals surface area (Å²) in [5.41, 5.74) is 0. The average Bonchev–Trinajstić information content (AvgIpc) is 1.84. The number of alkyl halides is 2. The molecule has 0 amide bonds. The first-order valence-corrected chi connectivity index (χ1v) is 3.69. The first-order valence-electron chi connectivity index (χ1n) is 3.69. The SMILES string of the molecule is CCCCOC(=O)OC(C)(F)F. The standard InChI is InChI=1S/C7H12F2O3/c1-3-4-5-11-6(10)12-7(2,8)9/h3-5H2,1-2H3. The Balaban J connectivity index is 3.47. The molecule has 0 saturated carbocycles. The number of carbonyl (C=O) groups excluding carboxylic acids is 1. The number of rotatable bonds is 4. The van der Waals surface area contributed by atoms with E-state index in [2.05, 4.69) is 9.47 Å². The molecule has 0 aliphatic heterocycles. The van der Waals surface area contributed by atoms with Crippen molar-refractivity contribution in [3.8, 4) is 0 Å². The lowest BCUT2D eigenvalue weighted by molar-refractivity contribution is -0.196. The van der Waals surface area contributed by atoms with Gasteiger partial charge in [-0.1, -0.05) is 13.3 Å². The van der Waals surface area contributed by atoms with Gasteiger partial charge in [0.05, 0.1) is 6.61 Å². The summed E-state index contributed by atoms with van der Waals surface area (Å²) in [4.78, 5) is 10.4. The van der Waals surface area contributed by atoms with Crippen molar-refractivity contribution >= 4 is 6.16 Å². The molecule has 0 unspecified atom stereocenters. The molecule has 0 spiro atoms. The Bertz CT molecular complexity index is 142.